The van der Waals surface area contributed by atoms with Crippen LogP contribution in [0.2, 0.25) is 5.02 Å². The lowest BCUT2D eigenvalue weighted by molar-refractivity contribution is -0.137. The molecule has 4 heterocycles. The molecule has 1 atom stereocenters. The molecule has 0 unspecified atom stereocenters. The molecule has 2 aliphatic heterocycles. The zero-order valence-electron chi connectivity index (χ0n) is 27.5. The molecule has 0 spiro atoms. The van der Waals surface area contributed by atoms with E-state index in [0.717, 1.165) is 16.6 Å². The molecule has 12 nitrogen and oxygen atoms in total. The summed E-state index contributed by atoms with van der Waals surface area (Å²) in [7, 11) is 0. The van der Waals surface area contributed by atoms with E-state index in [1.807, 2.05) is 11.8 Å². The number of fused-ring (bicyclic) bond motifs is 1. The van der Waals surface area contributed by atoms with Crippen molar-refractivity contribution >= 4 is 46.7 Å². The molecule has 5 rings (SSSR count). The number of halogens is 5. The Hall–Kier alpha value is -4.08. The first-order valence-corrected chi connectivity index (χ1v) is 16.2. The molecule has 262 valence electrons. The van der Waals surface area contributed by atoms with Gasteiger partial charge in [-0.1, -0.05) is 18.5 Å². The Labute approximate surface area is 279 Å². The summed E-state index contributed by atoms with van der Waals surface area (Å²) in [6, 6.07) is 1.91. The molecule has 2 aromatic heterocycles. The minimum Gasteiger partial charge on any atom is -0.444 e. The summed E-state index contributed by atoms with van der Waals surface area (Å²) in [5.74, 6) is -0.412. The van der Waals surface area contributed by atoms with Crippen LogP contribution >= 0.6 is 11.6 Å². The molecule has 2 saturated heterocycles. The maximum atomic E-state index is 14.3. The summed E-state index contributed by atoms with van der Waals surface area (Å²) in [5, 5.41) is 6.54. The zero-order chi connectivity index (χ0) is 35.1. The number of hydrogen-bond acceptors (Lipinski definition) is 8. The molecule has 0 aliphatic carbocycles. The second-order valence-corrected chi connectivity index (χ2v) is 13.4. The van der Waals surface area contributed by atoms with Gasteiger partial charge in [0.05, 0.1) is 22.8 Å². The Morgan fingerprint density at radius 1 is 1.08 bits per heavy atom. The smallest absolute Gasteiger partial charge is 0.417 e. The number of carbonyl (C=O) groups excluding carboxylic acids is 2. The number of hydrogen-bond donors (Lipinski definition) is 1. The topological polar surface area (TPSA) is 117 Å². The Morgan fingerprint density at radius 2 is 1.77 bits per heavy atom. The van der Waals surface area contributed by atoms with Crippen LogP contribution in [0.1, 0.15) is 57.4 Å². The van der Waals surface area contributed by atoms with Gasteiger partial charge in [-0.15, -0.1) is 5.10 Å². The number of aromatic nitrogens is 4. The number of aryl methyl sites for hydroxylation is 1. The predicted octanol–water partition coefficient (Wildman–Crippen LogP) is 5.07. The lowest BCUT2D eigenvalue weighted by Gasteiger charge is -2.37. The van der Waals surface area contributed by atoms with Crippen molar-refractivity contribution in [2.24, 2.45) is 0 Å². The van der Waals surface area contributed by atoms with E-state index in [-0.39, 0.29) is 54.8 Å². The third-order valence-corrected chi connectivity index (χ3v) is 8.55. The number of rotatable bonds is 6. The summed E-state index contributed by atoms with van der Waals surface area (Å²) in [5.41, 5.74) is -1.19. The molecule has 48 heavy (non-hydrogen) atoms. The predicted molar refractivity (Wildman–Crippen MR) is 173 cm³/mol. The van der Waals surface area contributed by atoms with Gasteiger partial charge in [-0.2, -0.15) is 22.7 Å². The van der Waals surface area contributed by atoms with E-state index in [4.69, 9.17) is 16.3 Å². The molecular formula is C31H39ClF4N8O4. The third kappa shape index (κ3) is 7.47. The van der Waals surface area contributed by atoms with Crippen molar-refractivity contribution in [3.05, 3.63) is 44.3 Å². The highest BCUT2D eigenvalue weighted by Crippen LogP contribution is 2.37. The summed E-state index contributed by atoms with van der Waals surface area (Å²) in [6.07, 6.45) is -4.94. The average Bonchev–Trinajstić information content (AvgIpc) is 3.45. The van der Waals surface area contributed by atoms with Crippen LogP contribution < -0.4 is 20.7 Å². The number of nitrogens with one attached hydrogen (secondary N) is 1. The van der Waals surface area contributed by atoms with Crippen molar-refractivity contribution in [1.29, 1.82) is 0 Å². The number of piperazine rings is 1. The maximum absolute atomic E-state index is 14.3. The Morgan fingerprint density at radius 3 is 2.38 bits per heavy atom. The van der Waals surface area contributed by atoms with E-state index in [9.17, 15) is 31.9 Å². The number of piperidine rings is 1. The summed E-state index contributed by atoms with van der Waals surface area (Å²) < 4.78 is 62.6. The van der Waals surface area contributed by atoms with Gasteiger partial charge in [-0.3, -0.25) is 9.59 Å². The number of ether oxygens (including phenoxy) is 1. The fraction of sp³-hybridized carbons (Fsp3) is 0.581. The molecule has 1 N–H and O–H groups in total. The fourth-order valence-corrected chi connectivity index (χ4v) is 6.24. The van der Waals surface area contributed by atoms with Crippen LogP contribution in [0.4, 0.5) is 39.7 Å². The number of nitrogens with zero attached hydrogens (tertiary/aromatic N) is 7. The lowest BCUT2D eigenvalue weighted by Crippen LogP contribution is -2.51. The molecule has 0 saturated carbocycles. The van der Waals surface area contributed by atoms with E-state index in [1.54, 1.807) is 35.1 Å². The number of benzene rings is 1. The molecule has 2 amide bonds. The largest absolute Gasteiger partial charge is 0.444 e. The number of carbonyl (C=O) groups is 2. The second-order valence-electron chi connectivity index (χ2n) is 13.0. The third-order valence-electron chi connectivity index (χ3n) is 8.24. The SMILES string of the molecule is CCc1c(N2CCN(C(=O)OC(C)(C)C)CC2)c(=O)n2nc(N3CCC[C@@H](F)C3)nc2n1CC(=O)Nc1cc(Cl)c(C(F)(F)F)cc1C. The van der Waals surface area contributed by atoms with Gasteiger partial charge in [-0.05, 0) is 64.7 Å². The van der Waals surface area contributed by atoms with E-state index in [0.29, 0.717) is 44.6 Å². The Bertz CT molecular complexity index is 1760. The van der Waals surface area contributed by atoms with Crippen LogP contribution in [0.3, 0.4) is 0 Å². The highest BCUT2D eigenvalue weighted by Gasteiger charge is 2.34. The van der Waals surface area contributed by atoms with E-state index in [1.165, 1.54) is 6.92 Å². The highest BCUT2D eigenvalue weighted by atomic mass is 35.5. The van der Waals surface area contributed by atoms with Crippen molar-refractivity contribution < 1.29 is 31.9 Å². The van der Waals surface area contributed by atoms with Crippen LogP contribution in [0, 0.1) is 6.92 Å². The van der Waals surface area contributed by atoms with E-state index < -0.39 is 46.1 Å². The van der Waals surface area contributed by atoms with Gasteiger partial charge < -0.3 is 29.3 Å². The minimum absolute atomic E-state index is 0.0552. The van der Waals surface area contributed by atoms with Crippen molar-refractivity contribution in [2.45, 2.75) is 78.4 Å². The van der Waals surface area contributed by atoms with Gasteiger partial charge in [0.1, 0.15) is 24.0 Å². The molecule has 1 aromatic carbocycles. The van der Waals surface area contributed by atoms with Gasteiger partial charge in [-0.25, -0.2) is 9.18 Å². The number of alkyl halides is 4. The first-order valence-electron chi connectivity index (χ1n) is 15.8. The van der Waals surface area contributed by atoms with Crippen LogP contribution in [0.5, 0.6) is 0 Å². The van der Waals surface area contributed by atoms with Crippen molar-refractivity contribution in [1.82, 2.24) is 24.1 Å². The quantitative estimate of drug-likeness (QED) is 0.355. The minimum atomic E-state index is -4.67. The molecule has 0 bridgehead atoms. The summed E-state index contributed by atoms with van der Waals surface area (Å²) in [4.78, 5) is 50.0. The number of anilines is 3. The highest BCUT2D eigenvalue weighted by molar-refractivity contribution is 6.31. The van der Waals surface area contributed by atoms with Crippen molar-refractivity contribution in [2.75, 3.05) is 54.4 Å². The lowest BCUT2D eigenvalue weighted by atomic mass is 10.1. The van der Waals surface area contributed by atoms with Crippen LogP contribution in [-0.2, 0) is 28.7 Å². The van der Waals surface area contributed by atoms with Gasteiger partial charge in [0, 0.05) is 38.4 Å². The Kier molecular flexibility index (Phi) is 9.86. The summed E-state index contributed by atoms with van der Waals surface area (Å²) in [6.45, 7) is 9.87. The van der Waals surface area contributed by atoms with Gasteiger partial charge in [0.2, 0.25) is 17.6 Å². The van der Waals surface area contributed by atoms with Gasteiger partial charge in [0.15, 0.2) is 0 Å². The number of amides is 2. The zero-order valence-corrected chi connectivity index (χ0v) is 28.2. The fourth-order valence-electron chi connectivity index (χ4n) is 5.97. The summed E-state index contributed by atoms with van der Waals surface area (Å²) >= 11 is 5.93. The van der Waals surface area contributed by atoms with Crippen LogP contribution in [0.25, 0.3) is 5.78 Å². The maximum Gasteiger partial charge on any atom is 0.417 e. The molecular weight excluding hydrogens is 660 g/mol. The molecule has 2 fully saturated rings. The van der Waals surface area contributed by atoms with E-state index >= 15 is 0 Å². The molecule has 2 aliphatic rings. The van der Waals surface area contributed by atoms with Gasteiger partial charge in [0.25, 0.3) is 5.56 Å². The standard InChI is InChI=1S/C31H39ClF4N8O4/c1-6-23-25(40-10-12-41(13-11-40)29(47)48-30(3,4)5)26(46)44-28(38-27(39-44)42-9-7-8-19(33)16-42)43(23)17-24(45)37-22-15-21(32)20(14-18(22)2)31(34,35)36/h14-15,19H,6-13,16-17H2,1-5H3,(H,37,45)/t19-/m1/s1. The molecule has 3 aromatic rings. The molecule has 0 radical (unpaired) electrons. The van der Waals surface area contributed by atoms with Crippen LogP contribution in [0.15, 0.2) is 16.9 Å². The first kappa shape index (κ1) is 35.2. The Balaban J connectivity index is 1.52. The van der Waals surface area contributed by atoms with Crippen LogP contribution in [-0.4, -0.2) is 87.1 Å². The van der Waals surface area contributed by atoms with Crippen molar-refractivity contribution in [3.8, 4) is 0 Å². The average molecular weight is 699 g/mol. The van der Waals surface area contributed by atoms with Gasteiger partial charge >= 0.3 is 12.3 Å². The normalized spacial score (nSPS) is 17.6. The first-order chi connectivity index (χ1) is 22.5. The molecule has 17 heteroatoms. The monoisotopic (exact) mass is 698 g/mol. The van der Waals surface area contributed by atoms with Crippen molar-refractivity contribution in [3.63, 3.8) is 0 Å². The second kappa shape index (κ2) is 13.4. The van der Waals surface area contributed by atoms with E-state index in [2.05, 4.69) is 15.4 Å².